The summed E-state index contributed by atoms with van der Waals surface area (Å²) in [7, 11) is 0. The summed E-state index contributed by atoms with van der Waals surface area (Å²) in [5.74, 6) is 1.14. The number of aryl methyl sites for hydroxylation is 1. The third-order valence-corrected chi connectivity index (χ3v) is 5.00. The second-order valence-electron chi connectivity index (χ2n) is 6.57. The van der Waals surface area contributed by atoms with Gasteiger partial charge in [-0.1, -0.05) is 19.1 Å². The summed E-state index contributed by atoms with van der Waals surface area (Å²) < 4.78 is 3.99. The van der Waals surface area contributed by atoms with Crippen LogP contribution in [0.1, 0.15) is 25.6 Å². The monoisotopic (exact) mass is 337 g/mol. The zero-order chi connectivity index (χ0) is 17.2. The Hall–Kier alpha value is -2.63. The number of aromatic nitrogens is 4. The molecule has 0 N–H and O–H groups in total. The molecule has 1 atom stereocenters. The molecule has 1 saturated heterocycles. The molecular weight excluding hydrogens is 314 g/mol. The van der Waals surface area contributed by atoms with Gasteiger partial charge in [0.1, 0.15) is 12.4 Å². The van der Waals surface area contributed by atoms with Crippen molar-refractivity contribution in [1.29, 1.82) is 0 Å². The number of imidazole rings is 1. The highest BCUT2D eigenvalue weighted by Gasteiger charge is 2.29. The first-order valence-electron chi connectivity index (χ1n) is 8.97. The van der Waals surface area contributed by atoms with Crippen molar-refractivity contribution < 1.29 is 4.79 Å². The molecule has 25 heavy (non-hydrogen) atoms. The van der Waals surface area contributed by atoms with Gasteiger partial charge in [-0.25, -0.2) is 4.98 Å². The average molecular weight is 337 g/mol. The zero-order valence-corrected chi connectivity index (χ0v) is 14.5. The molecule has 0 unspecified atom stereocenters. The van der Waals surface area contributed by atoms with Crippen LogP contribution in [-0.2, 0) is 24.3 Å². The van der Waals surface area contributed by atoms with E-state index in [2.05, 4.69) is 21.6 Å². The van der Waals surface area contributed by atoms with E-state index in [1.807, 2.05) is 46.1 Å². The van der Waals surface area contributed by atoms with Gasteiger partial charge in [-0.3, -0.25) is 9.48 Å². The third-order valence-electron chi connectivity index (χ3n) is 5.00. The molecule has 1 amide bonds. The molecule has 0 spiro atoms. The second-order valence-corrected chi connectivity index (χ2v) is 6.57. The van der Waals surface area contributed by atoms with Gasteiger partial charge in [-0.05, 0) is 31.0 Å². The number of carbonyl (C=O) groups is 1. The van der Waals surface area contributed by atoms with Gasteiger partial charge < -0.3 is 9.47 Å². The summed E-state index contributed by atoms with van der Waals surface area (Å²) >= 11 is 0. The van der Waals surface area contributed by atoms with Crippen LogP contribution in [0, 0.1) is 0 Å². The summed E-state index contributed by atoms with van der Waals surface area (Å²) in [5, 5.41) is 4.28. The van der Waals surface area contributed by atoms with Crippen LogP contribution in [0.5, 0.6) is 0 Å². The second kappa shape index (κ2) is 6.70. The number of hydrogen-bond donors (Lipinski definition) is 0. The minimum absolute atomic E-state index is 0.174. The Kier molecular flexibility index (Phi) is 4.26. The lowest BCUT2D eigenvalue weighted by molar-refractivity contribution is -0.132. The van der Waals surface area contributed by atoms with Gasteiger partial charge in [0.2, 0.25) is 5.91 Å². The van der Waals surface area contributed by atoms with E-state index in [1.54, 1.807) is 6.20 Å². The quantitative estimate of drug-likeness (QED) is 0.719. The van der Waals surface area contributed by atoms with E-state index in [-0.39, 0.29) is 11.9 Å². The smallest absolute Gasteiger partial charge is 0.242 e. The van der Waals surface area contributed by atoms with Crippen molar-refractivity contribution in [3.8, 4) is 0 Å². The van der Waals surface area contributed by atoms with Crippen molar-refractivity contribution in [3.63, 3.8) is 0 Å². The number of para-hydroxylation sites is 2. The van der Waals surface area contributed by atoms with Crippen molar-refractivity contribution in [2.45, 2.75) is 45.3 Å². The summed E-state index contributed by atoms with van der Waals surface area (Å²) in [6, 6.07) is 10.2. The molecule has 6 heteroatoms. The molecule has 3 aromatic rings. The topological polar surface area (TPSA) is 56.0 Å². The van der Waals surface area contributed by atoms with E-state index in [4.69, 9.17) is 0 Å². The van der Waals surface area contributed by atoms with Gasteiger partial charge in [-0.15, -0.1) is 0 Å². The van der Waals surface area contributed by atoms with E-state index >= 15 is 0 Å². The third kappa shape index (κ3) is 3.04. The molecule has 1 aliphatic rings. The SMILES string of the molecule is CCc1nc2ccccc2n1CC(=O)N1CCC[C@@H]1Cn1cccn1. The van der Waals surface area contributed by atoms with E-state index in [0.717, 1.165) is 49.2 Å². The fraction of sp³-hybridized carbons (Fsp3) is 0.421. The highest BCUT2D eigenvalue weighted by molar-refractivity contribution is 5.81. The van der Waals surface area contributed by atoms with Crippen LogP contribution in [0.15, 0.2) is 42.7 Å². The Bertz CT molecular complexity index is 867. The van der Waals surface area contributed by atoms with Crippen LogP contribution >= 0.6 is 0 Å². The maximum Gasteiger partial charge on any atom is 0.242 e. The van der Waals surface area contributed by atoms with Crippen LogP contribution in [-0.4, -0.2) is 42.7 Å². The van der Waals surface area contributed by atoms with Crippen LogP contribution < -0.4 is 0 Å². The molecule has 2 aromatic heterocycles. The Morgan fingerprint density at radius 3 is 2.96 bits per heavy atom. The summed E-state index contributed by atoms with van der Waals surface area (Å²) in [4.78, 5) is 19.7. The number of rotatable bonds is 5. The summed E-state index contributed by atoms with van der Waals surface area (Å²) in [6.07, 6.45) is 6.66. The van der Waals surface area contributed by atoms with Gasteiger partial charge in [0.15, 0.2) is 0 Å². The summed E-state index contributed by atoms with van der Waals surface area (Å²) in [5.41, 5.74) is 2.00. The molecule has 4 rings (SSSR count). The van der Waals surface area contributed by atoms with Gasteiger partial charge in [0.05, 0.1) is 23.6 Å². The van der Waals surface area contributed by atoms with Crippen molar-refractivity contribution >= 4 is 16.9 Å². The number of hydrogen-bond acceptors (Lipinski definition) is 3. The van der Waals surface area contributed by atoms with Crippen LogP contribution in [0.2, 0.25) is 0 Å². The first-order valence-corrected chi connectivity index (χ1v) is 8.97. The van der Waals surface area contributed by atoms with Crippen LogP contribution in [0.4, 0.5) is 0 Å². The molecule has 130 valence electrons. The Morgan fingerprint density at radius 2 is 2.16 bits per heavy atom. The highest BCUT2D eigenvalue weighted by atomic mass is 16.2. The van der Waals surface area contributed by atoms with Gasteiger partial charge >= 0.3 is 0 Å². The number of amides is 1. The van der Waals surface area contributed by atoms with Crippen molar-refractivity contribution in [3.05, 3.63) is 48.5 Å². The van der Waals surface area contributed by atoms with Crippen molar-refractivity contribution in [2.75, 3.05) is 6.54 Å². The minimum atomic E-state index is 0.174. The van der Waals surface area contributed by atoms with Crippen molar-refractivity contribution in [2.24, 2.45) is 0 Å². The standard InChI is InChI=1S/C19H23N5O/c1-2-18-21-16-8-3-4-9-17(16)24(18)14-19(25)23-12-5-7-15(23)13-22-11-6-10-20-22/h3-4,6,8-11,15H,2,5,7,12-14H2,1H3/t15-/m1/s1. The molecule has 3 heterocycles. The Labute approximate surface area is 147 Å². The molecule has 0 saturated carbocycles. The first-order chi connectivity index (χ1) is 12.3. The lowest BCUT2D eigenvalue weighted by Gasteiger charge is -2.25. The predicted molar refractivity (Wildman–Crippen MR) is 96.1 cm³/mol. The highest BCUT2D eigenvalue weighted by Crippen LogP contribution is 2.21. The summed E-state index contributed by atoms with van der Waals surface area (Å²) in [6.45, 7) is 4.04. The van der Waals surface area contributed by atoms with Crippen LogP contribution in [0.3, 0.4) is 0 Å². The maximum atomic E-state index is 13.0. The Balaban J connectivity index is 1.55. The van der Waals surface area contributed by atoms with E-state index in [0.29, 0.717) is 6.54 Å². The number of benzene rings is 1. The largest absolute Gasteiger partial charge is 0.336 e. The van der Waals surface area contributed by atoms with Gasteiger partial charge in [0, 0.05) is 25.4 Å². The average Bonchev–Trinajstić information content (AvgIpc) is 3.36. The molecule has 0 radical (unpaired) electrons. The fourth-order valence-corrected chi connectivity index (χ4v) is 3.78. The zero-order valence-electron chi connectivity index (χ0n) is 14.5. The molecule has 0 aliphatic carbocycles. The number of likely N-dealkylation sites (tertiary alicyclic amines) is 1. The van der Waals surface area contributed by atoms with Crippen molar-refractivity contribution in [1.82, 2.24) is 24.2 Å². The molecule has 1 aliphatic heterocycles. The molecule has 6 nitrogen and oxygen atoms in total. The molecule has 1 aromatic carbocycles. The lowest BCUT2D eigenvalue weighted by atomic mass is 10.2. The van der Waals surface area contributed by atoms with E-state index in [1.165, 1.54) is 0 Å². The van der Waals surface area contributed by atoms with E-state index < -0.39 is 0 Å². The predicted octanol–water partition coefficient (Wildman–Crippen LogP) is 2.49. The number of fused-ring (bicyclic) bond motifs is 1. The minimum Gasteiger partial charge on any atom is -0.336 e. The maximum absolute atomic E-state index is 13.0. The fourth-order valence-electron chi connectivity index (χ4n) is 3.78. The van der Waals surface area contributed by atoms with Gasteiger partial charge in [0.25, 0.3) is 0 Å². The van der Waals surface area contributed by atoms with Gasteiger partial charge in [-0.2, -0.15) is 5.10 Å². The first kappa shape index (κ1) is 15.9. The number of nitrogens with zero attached hydrogens (tertiary/aromatic N) is 5. The number of carbonyl (C=O) groups excluding carboxylic acids is 1. The molecule has 0 bridgehead atoms. The lowest BCUT2D eigenvalue weighted by Crippen LogP contribution is -2.40. The van der Waals surface area contributed by atoms with Crippen LogP contribution in [0.25, 0.3) is 11.0 Å². The van der Waals surface area contributed by atoms with E-state index in [9.17, 15) is 4.79 Å². The normalized spacial score (nSPS) is 17.5. The molecular formula is C19H23N5O. The Morgan fingerprint density at radius 1 is 1.28 bits per heavy atom. The molecule has 1 fully saturated rings.